The molecule has 1 rings (SSSR count). The minimum absolute atomic E-state index is 0.157. The zero-order chi connectivity index (χ0) is 11.3. The van der Waals surface area contributed by atoms with Gasteiger partial charge in [-0.05, 0) is 19.9 Å². The SMILES string of the molecule is CC(C)NCCN(C)CC(=O)NC1CC1. The lowest BCUT2D eigenvalue weighted by molar-refractivity contribution is -0.122. The Morgan fingerprint density at radius 1 is 1.47 bits per heavy atom. The normalized spacial score (nSPS) is 16.1. The van der Waals surface area contributed by atoms with Crippen LogP contribution in [0, 0.1) is 0 Å². The van der Waals surface area contributed by atoms with Gasteiger partial charge in [0.15, 0.2) is 0 Å². The van der Waals surface area contributed by atoms with Crippen LogP contribution in [0.1, 0.15) is 26.7 Å². The van der Waals surface area contributed by atoms with Crippen molar-refractivity contribution in [2.24, 2.45) is 0 Å². The fourth-order valence-electron chi connectivity index (χ4n) is 1.37. The third-order valence-electron chi connectivity index (χ3n) is 2.40. The highest BCUT2D eigenvalue weighted by atomic mass is 16.2. The molecule has 0 aromatic carbocycles. The molecule has 1 aliphatic rings. The first-order chi connectivity index (χ1) is 7.08. The highest BCUT2D eigenvalue weighted by molar-refractivity contribution is 5.78. The number of hydrogen-bond acceptors (Lipinski definition) is 3. The minimum atomic E-state index is 0.157. The Balaban J connectivity index is 2.00. The summed E-state index contributed by atoms with van der Waals surface area (Å²) in [6.07, 6.45) is 2.31. The van der Waals surface area contributed by atoms with Gasteiger partial charge in [-0.25, -0.2) is 0 Å². The lowest BCUT2D eigenvalue weighted by atomic mass is 10.4. The molecule has 1 amide bonds. The molecule has 0 radical (unpaired) electrons. The predicted octanol–water partition coefficient (Wildman–Crippen LogP) is 0.195. The molecule has 0 spiro atoms. The number of hydrogen-bond donors (Lipinski definition) is 2. The average Bonchev–Trinajstić information content (AvgIpc) is 2.86. The Hall–Kier alpha value is -0.610. The Kier molecular flexibility index (Phi) is 5.05. The molecule has 4 nitrogen and oxygen atoms in total. The summed E-state index contributed by atoms with van der Waals surface area (Å²) in [6, 6.07) is 0.985. The number of likely N-dealkylation sites (N-methyl/N-ethyl adjacent to an activating group) is 1. The maximum Gasteiger partial charge on any atom is 0.234 e. The van der Waals surface area contributed by atoms with Crippen molar-refractivity contribution in [3.05, 3.63) is 0 Å². The van der Waals surface area contributed by atoms with Crippen molar-refractivity contribution in [1.82, 2.24) is 15.5 Å². The minimum Gasteiger partial charge on any atom is -0.352 e. The second kappa shape index (κ2) is 6.08. The van der Waals surface area contributed by atoms with Crippen LogP contribution in [0.15, 0.2) is 0 Å². The van der Waals surface area contributed by atoms with Gasteiger partial charge in [-0.3, -0.25) is 9.69 Å². The average molecular weight is 213 g/mol. The predicted molar refractivity (Wildman–Crippen MR) is 61.8 cm³/mol. The van der Waals surface area contributed by atoms with Crippen LogP contribution in [0.25, 0.3) is 0 Å². The van der Waals surface area contributed by atoms with Crippen molar-refractivity contribution in [3.8, 4) is 0 Å². The molecular formula is C11H23N3O. The van der Waals surface area contributed by atoms with E-state index in [1.165, 1.54) is 0 Å². The first kappa shape index (κ1) is 12.5. The smallest absolute Gasteiger partial charge is 0.234 e. The molecule has 0 aromatic rings. The molecule has 0 atom stereocenters. The monoisotopic (exact) mass is 213 g/mol. The number of rotatable bonds is 7. The lowest BCUT2D eigenvalue weighted by Crippen LogP contribution is -2.39. The number of nitrogens with zero attached hydrogens (tertiary/aromatic N) is 1. The van der Waals surface area contributed by atoms with Crippen LogP contribution >= 0.6 is 0 Å². The van der Waals surface area contributed by atoms with E-state index in [0.29, 0.717) is 18.6 Å². The van der Waals surface area contributed by atoms with Crippen molar-refractivity contribution in [2.75, 3.05) is 26.7 Å². The van der Waals surface area contributed by atoms with E-state index in [-0.39, 0.29) is 5.91 Å². The third kappa shape index (κ3) is 6.47. The Morgan fingerprint density at radius 2 is 2.13 bits per heavy atom. The summed E-state index contributed by atoms with van der Waals surface area (Å²) in [5.41, 5.74) is 0. The van der Waals surface area contributed by atoms with E-state index in [2.05, 4.69) is 24.5 Å². The van der Waals surface area contributed by atoms with E-state index in [1.807, 2.05) is 11.9 Å². The molecule has 0 saturated heterocycles. The van der Waals surface area contributed by atoms with Crippen molar-refractivity contribution in [2.45, 2.75) is 38.8 Å². The van der Waals surface area contributed by atoms with Crippen molar-refractivity contribution in [1.29, 1.82) is 0 Å². The molecule has 1 fully saturated rings. The second-order valence-electron chi connectivity index (χ2n) is 4.69. The first-order valence-electron chi connectivity index (χ1n) is 5.79. The van der Waals surface area contributed by atoms with Crippen LogP contribution in [0.4, 0.5) is 0 Å². The summed E-state index contributed by atoms with van der Waals surface area (Å²) in [5, 5.41) is 6.31. The van der Waals surface area contributed by atoms with Gasteiger partial charge < -0.3 is 10.6 Å². The van der Waals surface area contributed by atoms with Crippen LogP contribution in [-0.2, 0) is 4.79 Å². The van der Waals surface area contributed by atoms with E-state index < -0.39 is 0 Å². The molecule has 1 saturated carbocycles. The van der Waals surface area contributed by atoms with Crippen LogP contribution < -0.4 is 10.6 Å². The molecular weight excluding hydrogens is 190 g/mol. The fourth-order valence-corrected chi connectivity index (χ4v) is 1.37. The van der Waals surface area contributed by atoms with Crippen molar-refractivity contribution < 1.29 is 4.79 Å². The van der Waals surface area contributed by atoms with Gasteiger partial charge in [0.05, 0.1) is 6.54 Å². The summed E-state index contributed by atoms with van der Waals surface area (Å²) >= 11 is 0. The maximum atomic E-state index is 11.4. The van der Waals surface area contributed by atoms with Crippen LogP contribution in [-0.4, -0.2) is 49.6 Å². The molecule has 0 aliphatic heterocycles. The summed E-state index contributed by atoms with van der Waals surface area (Å²) < 4.78 is 0. The van der Waals surface area contributed by atoms with Gasteiger partial charge in [0.1, 0.15) is 0 Å². The quantitative estimate of drug-likeness (QED) is 0.635. The molecule has 2 N–H and O–H groups in total. The topological polar surface area (TPSA) is 44.4 Å². The van der Waals surface area contributed by atoms with Gasteiger partial charge >= 0.3 is 0 Å². The molecule has 15 heavy (non-hydrogen) atoms. The largest absolute Gasteiger partial charge is 0.352 e. The van der Waals surface area contributed by atoms with Crippen LogP contribution in [0.3, 0.4) is 0 Å². The number of carbonyl (C=O) groups is 1. The fraction of sp³-hybridized carbons (Fsp3) is 0.909. The summed E-state index contributed by atoms with van der Waals surface area (Å²) in [4.78, 5) is 13.5. The van der Waals surface area contributed by atoms with E-state index in [4.69, 9.17) is 0 Å². The molecule has 88 valence electrons. The van der Waals surface area contributed by atoms with E-state index in [9.17, 15) is 4.79 Å². The highest BCUT2D eigenvalue weighted by Gasteiger charge is 2.23. The highest BCUT2D eigenvalue weighted by Crippen LogP contribution is 2.18. The maximum absolute atomic E-state index is 11.4. The van der Waals surface area contributed by atoms with E-state index in [0.717, 1.165) is 25.9 Å². The Bertz CT molecular complexity index is 202. The summed E-state index contributed by atoms with van der Waals surface area (Å²) in [7, 11) is 1.98. The molecule has 0 unspecified atom stereocenters. The molecule has 4 heteroatoms. The molecule has 0 bridgehead atoms. The summed E-state index contributed by atoms with van der Waals surface area (Å²) in [6.45, 7) is 6.61. The standard InChI is InChI=1S/C11H23N3O/c1-9(2)12-6-7-14(3)8-11(15)13-10-4-5-10/h9-10,12H,4-8H2,1-3H3,(H,13,15). The first-order valence-corrected chi connectivity index (χ1v) is 5.79. The molecule has 0 aromatic heterocycles. The van der Waals surface area contributed by atoms with Gasteiger partial charge in [-0.1, -0.05) is 13.8 Å². The Labute approximate surface area is 92.4 Å². The van der Waals surface area contributed by atoms with Gasteiger partial charge in [0, 0.05) is 25.2 Å². The third-order valence-corrected chi connectivity index (χ3v) is 2.40. The van der Waals surface area contributed by atoms with Gasteiger partial charge in [0.25, 0.3) is 0 Å². The van der Waals surface area contributed by atoms with Gasteiger partial charge in [0.2, 0.25) is 5.91 Å². The van der Waals surface area contributed by atoms with Gasteiger partial charge in [-0.2, -0.15) is 0 Å². The number of amides is 1. The van der Waals surface area contributed by atoms with Crippen LogP contribution in [0.2, 0.25) is 0 Å². The van der Waals surface area contributed by atoms with Gasteiger partial charge in [-0.15, -0.1) is 0 Å². The van der Waals surface area contributed by atoms with E-state index >= 15 is 0 Å². The second-order valence-corrected chi connectivity index (χ2v) is 4.69. The van der Waals surface area contributed by atoms with Crippen LogP contribution in [0.5, 0.6) is 0 Å². The van der Waals surface area contributed by atoms with E-state index in [1.54, 1.807) is 0 Å². The van der Waals surface area contributed by atoms with Crippen molar-refractivity contribution in [3.63, 3.8) is 0 Å². The zero-order valence-corrected chi connectivity index (χ0v) is 10.0. The summed E-state index contributed by atoms with van der Waals surface area (Å²) in [5.74, 6) is 0.157. The molecule has 1 aliphatic carbocycles. The number of carbonyl (C=O) groups excluding carboxylic acids is 1. The molecule has 0 heterocycles. The lowest BCUT2D eigenvalue weighted by Gasteiger charge is -2.17. The Morgan fingerprint density at radius 3 is 2.67 bits per heavy atom. The number of nitrogens with one attached hydrogen (secondary N) is 2. The van der Waals surface area contributed by atoms with Crippen molar-refractivity contribution >= 4 is 5.91 Å². The zero-order valence-electron chi connectivity index (χ0n) is 10.0.